The summed E-state index contributed by atoms with van der Waals surface area (Å²) in [6, 6.07) is 0. The molecule has 0 aromatic rings. The summed E-state index contributed by atoms with van der Waals surface area (Å²) in [5, 5.41) is 0. The highest BCUT2D eigenvalue weighted by molar-refractivity contribution is 6.17. The number of halogens is 1. The van der Waals surface area contributed by atoms with Gasteiger partial charge in [0.15, 0.2) is 0 Å². The van der Waals surface area contributed by atoms with Gasteiger partial charge >= 0.3 is 5.97 Å². The Bertz CT molecular complexity index is 631. The molecule has 13 nitrogen and oxygen atoms in total. The van der Waals surface area contributed by atoms with E-state index in [4.69, 9.17) is 68.4 Å². The van der Waals surface area contributed by atoms with E-state index in [0.29, 0.717) is 144 Å². The summed E-state index contributed by atoms with van der Waals surface area (Å²) >= 11 is 5.65. The lowest BCUT2D eigenvalue weighted by atomic mass is 10.2. The molecule has 0 unspecified atom stereocenters. The van der Waals surface area contributed by atoms with E-state index < -0.39 is 5.97 Å². The Kier molecular flexibility index (Phi) is 39.4. The summed E-state index contributed by atoms with van der Waals surface area (Å²) in [7, 11) is 0. The molecule has 0 aliphatic carbocycles. The number of carbonyl (C=O) groups excluding carboxylic acids is 1. The van der Waals surface area contributed by atoms with Crippen LogP contribution in [0.25, 0.3) is 0 Å². The fraction of sp³-hybridized carbons (Fsp3) is 0.906. The largest absolute Gasteiger partial charge is 0.460 e. The Labute approximate surface area is 281 Å². The number of unbranched alkanes of at least 4 members (excludes halogenated alkanes) is 3. The van der Waals surface area contributed by atoms with Gasteiger partial charge in [-0.05, 0) is 19.8 Å². The summed E-state index contributed by atoms with van der Waals surface area (Å²) < 4.78 is 64.9. The molecule has 46 heavy (non-hydrogen) atoms. The van der Waals surface area contributed by atoms with Crippen LogP contribution in [0.4, 0.5) is 0 Å². The number of esters is 1. The van der Waals surface area contributed by atoms with Crippen molar-refractivity contribution in [2.75, 3.05) is 158 Å². The molecule has 0 aromatic carbocycles. The lowest BCUT2D eigenvalue weighted by Gasteiger charge is -2.09. The van der Waals surface area contributed by atoms with Crippen LogP contribution in [-0.2, 0) is 61.6 Å². The Balaban J connectivity index is 3.06. The van der Waals surface area contributed by atoms with Crippen molar-refractivity contribution >= 4 is 17.6 Å². The normalized spacial score (nSPS) is 11.3. The first kappa shape index (κ1) is 45.1. The standard InChI is InChI=1S/C32H61ClO13/c1-31(2)32(34)46-30-29-45-28-27-44-26-25-43-24-23-42-22-21-41-20-19-40-18-17-39-16-15-38-14-13-37-12-11-36-10-9-35-8-6-4-3-5-7-33/h1,3-30H2,2H3. The van der Waals surface area contributed by atoms with Crippen LogP contribution in [-0.4, -0.2) is 164 Å². The quantitative estimate of drug-likeness (QED) is 0.0405. The van der Waals surface area contributed by atoms with Gasteiger partial charge in [0.2, 0.25) is 0 Å². The Hall–Kier alpha value is -0.940. The van der Waals surface area contributed by atoms with E-state index in [-0.39, 0.29) is 6.61 Å². The van der Waals surface area contributed by atoms with E-state index in [1.54, 1.807) is 6.92 Å². The van der Waals surface area contributed by atoms with Crippen LogP contribution >= 0.6 is 11.6 Å². The molecule has 274 valence electrons. The molecule has 0 spiro atoms. The monoisotopic (exact) mass is 688 g/mol. The molecule has 0 fully saturated rings. The fourth-order valence-corrected chi connectivity index (χ4v) is 3.46. The smallest absolute Gasteiger partial charge is 0.333 e. The Morgan fingerprint density at radius 1 is 0.391 bits per heavy atom. The Morgan fingerprint density at radius 3 is 0.891 bits per heavy atom. The first-order valence-corrected chi connectivity index (χ1v) is 17.0. The fourth-order valence-electron chi connectivity index (χ4n) is 3.27. The summed E-state index contributed by atoms with van der Waals surface area (Å²) in [5.41, 5.74) is 0.370. The second-order valence-electron chi connectivity index (χ2n) is 9.76. The average Bonchev–Trinajstić information content (AvgIpc) is 3.05. The number of hydrogen-bond donors (Lipinski definition) is 0. The summed E-state index contributed by atoms with van der Waals surface area (Å²) in [5.74, 6) is 0.328. The van der Waals surface area contributed by atoms with Crippen molar-refractivity contribution in [1.82, 2.24) is 0 Å². The van der Waals surface area contributed by atoms with E-state index in [0.717, 1.165) is 31.7 Å². The zero-order valence-corrected chi connectivity index (χ0v) is 28.9. The minimum absolute atomic E-state index is 0.199. The highest BCUT2D eigenvalue weighted by Crippen LogP contribution is 2.01. The van der Waals surface area contributed by atoms with Gasteiger partial charge in [0.1, 0.15) is 6.61 Å². The van der Waals surface area contributed by atoms with E-state index in [9.17, 15) is 4.79 Å². The van der Waals surface area contributed by atoms with Gasteiger partial charge in [0, 0.05) is 18.1 Å². The Morgan fingerprint density at radius 2 is 0.630 bits per heavy atom. The van der Waals surface area contributed by atoms with Gasteiger partial charge in [-0.1, -0.05) is 19.4 Å². The highest BCUT2D eigenvalue weighted by Gasteiger charge is 2.02. The van der Waals surface area contributed by atoms with E-state index in [1.165, 1.54) is 6.42 Å². The van der Waals surface area contributed by atoms with E-state index in [1.807, 2.05) is 0 Å². The molecular formula is C32H61ClO13. The number of hydrogen-bond acceptors (Lipinski definition) is 13. The molecule has 0 saturated carbocycles. The molecule has 0 aliphatic heterocycles. The van der Waals surface area contributed by atoms with Gasteiger partial charge in [-0.25, -0.2) is 4.79 Å². The van der Waals surface area contributed by atoms with Crippen molar-refractivity contribution in [3.63, 3.8) is 0 Å². The lowest BCUT2D eigenvalue weighted by Crippen LogP contribution is -2.15. The van der Waals surface area contributed by atoms with Crippen molar-refractivity contribution in [2.24, 2.45) is 0 Å². The van der Waals surface area contributed by atoms with Crippen molar-refractivity contribution in [3.05, 3.63) is 12.2 Å². The van der Waals surface area contributed by atoms with Crippen LogP contribution < -0.4 is 0 Å². The van der Waals surface area contributed by atoms with Gasteiger partial charge in [-0.2, -0.15) is 0 Å². The first-order chi connectivity index (χ1) is 22.7. The summed E-state index contributed by atoms with van der Waals surface area (Å²) in [6.07, 6.45) is 4.49. The number of rotatable bonds is 40. The van der Waals surface area contributed by atoms with Gasteiger partial charge in [0.05, 0.1) is 139 Å². The van der Waals surface area contributed by atoms with Crippen LogP contribution in [0.1, 0.15) is 32.6 Å². The van der Waals surface area contributed by atoms with Crippen LogP contribution in [0.15, 0.2) is 12.2 Å². The maximum Gasteiger partial charge on any atom is 0.333 e. The topological polar surface area (TPSA) is 128 Å². The van der Waals surface area contributed by atoms with Crippen molar-refractivity contribution in [1.29, 1.82) is 0 Å². The minimum atomic E-state index is -0.412. The lowest BCUT2D eigenvalue weighted by molar-refractivity contribution is -0.140. The molecule has 0 rings (SSSR count). The molecule has 0 bridgehead atoms. The van der Waals surface area contributed by atoms with Gasteiger partial charge in [0.25, 0.3) is 0 Å². The highest BCUT2D eigenvalue weighted by atomic mass is 35.5. The summed E-state index contributed by atoms with van der Waals surface area (Å²) in [4.78, 5) is 11.2. The number of alkyl halides is 1. The maximum atomic E-state index is 11.2. The van der Waals surface area contributed by atoms with Gasteiger partial charge in [-0.3, -0.25) is 0 Å². The van der Waals surface area contributed by atoms with Crippen LogP contribution in [0.5, 0.6) is 0 Å². The average molecular weight is 689 g/mol. The zero-order chi connectivity index (χ0) is 33.4. The van der Waals surface area contributed by atoms with Crippen LogP contribution in [0, 0.1) is 0 Å². The van der Waals surface area contributed by atoms with Crippen molar-refractivity contribution in [3.8, 4) is 0 Å². The van der Waals surface area contributed by atoms with Crippen LogP contribution in [0.3, 0.4) is 0 Å². The molecule has 0 atom stereocenters. The SMILES string of the molecule is C=C(C)C(=O)OCCOCCOCCOCCOCCOCCOCCOCCOCCOCCOCCOCCCCCCCl. The third-order valence-corrected chi connectivity index (χ3v) is 5.97. The second kappa shape index (κ2) is 40.2. The van der Waals surface area contributed by atoms with Crippen molar-refractivity contribution in [2.45, 2.75) is 32.6 Å². The van der Waals surface area contributed by atoms with E-state index >= 15 is 0 Å². The predicted octanol–water partition coefficient (Wildman–Crippen LogP) is 3.09. The predicted molar refractivity (Wildman–Crippen MR) is 174 cm³/mol. The number of carbonyl (C=O) groups is 1. The molecule has 0 aromatic heterocycles. The molecule has 0 aliphatic rings. The first-order valence-electron chi connectivity index (χ1n) is 16.4. The second-order valence-corrected chi connectivity index (χ2v) is 10.1. The molecule has 0 amide bonds. The minimum Gasteiger partial charge on any atom is -0.460 e. The van der Waals surface area contributed by atoms with Crippen molar-refractivity contribution < 1.29 is 61.6 Å². The molecule has 0 radical (unpaired) electrons. The molecular weight excluding hydrogens is 628 g/mol. The van der Waals surface area contributed by atoms with Crippen LogP contribution in [0.2, 0.25) is 0 Å². The van der Waals surface area contributed by atoms with E-state index in [2.05, 4.69) is 6.58 Å². The summed E-state index contributed by atoms with van der Waals surface area (Å²) in [6.45, 7) is 16.5. The number of ether oxygens (including phenoxy) is 12. The molecule has 0 heterocycles. The molecule has 0 N–H and O–H groups in total. The molecule has 0 saturated heterocycles. The third kappa shape index (κ3) is 39.2. The zero-order valence-electron chi connectivity index (χ0n) is 28.2. The maximum absolute atomic E-state index is 11.2. The molecule has 14 heteroatoms. The van der Waals surface area contributed by atoms with Gasteiger partial charge in [-0.15, -0.1) is 11.6 Å². The van der Waals surface area contributed by atoms with Gasteiger partial charge < -0.3 is 56.8 Å². The third-order valence-electron chi connectivity index (χ3n) is 5.70.